The molecule has 1 aromatic rings. The second-order valence-corrected chi connectivity index (χ2v) is 4.70. The summed E-state index contributed by atoms with van der Waals surface area (Å²) in [6.45, 7) is 0. The Hall–Kier alpha value is -1.85. The number of carboxylic acid groups (broad SMARTS) is 1. The fourth-order valence-electron chi connectivity index (χ4n) is 2.44. The summed E-state index contributed by atoms with van der Waals surface area (Å²) in [6, 6.07) is 1.69. The van der Waals surface area contributed by atoms with Gasteiger partial charge in [-0.25, -0.2) is 0 Å². The molecule has 6 nitrogen and oxygen atoms in total. The smallest absolute Gasteiger partial charge is 0.307 e. The molecule has 0 unspecified atom stereocenters. The summed E-state index contributed by atoms with van der Waals surface area (Å²) in [4.78, 5) is 23.2. The van der Waals surface area contributed by atoms with Crippen LogP contribution in [-0.4, -0.2) is 26.8 Å². The van der Waals surface area contributed by atoms with E-state index in [4.69, 9.17) is 5.11 Å². The van der Waals surface area contributed by atoms with Gasteiger partial charge in [-0.2, -0.15) is 5.10 Å². The number of carboxylic acids is 1. The highest BCUT2D eigenvalue weighted by Crippen LogP contribution is 2.31. The van der Waals surface area contributed by atoms with Gasteiger partial charge in [-0.1, -0.05) is 12.8 Å². The van der Waals surface area contributed by atoms with Gasteiger partial charge in [-0.05, 0) is 12.8 Å². The molecule has 1 aromatic heterocycles. The predicted octanol–water partition coefficient (Wildman–Crippen LogP) is 1.25. The molecular formula is C12H17N3O3. The lowest BCUT2D eigenvalue weighted by atomic mass is 9.79. The van der Waals surface area contributed by atoms with E-state index in [1.165, 1.54) is 0 Å². The number of nitrogens with zero attached hydrogens (tertiary/aromatic N) is 2. The van der Waals surface area contributed by atoms with Gasteiger partial charge >= 0.3 is 5.97 Å². The summed E-state index contributed by atoms with van der Waals surface area (Å²) in [7, 11) is 1.76. The Kier molecular flexibility index (Phi) is 3.64. The highest BCUT2D eigenvalue weighted by Gasteiger charge is 2.35. The van der Waals surface area contributed by atoms with E-state index in [2.05, 4.69) is 10.4 Å². The maximum atomic E-state index is 12.1. The Morgan fingerprint density at radius 2 is 2.06 bits per heavy atom. The van der Waals surface area contributed by atoms with Crippen molar-refractivity contribution < 1.29 is 14.7 Å². The van der Waals surface area contributed by atoms with Crippen molar-refractivity contribution >= 4 is 17.7 Å². The molecule has 0 aromatic carbocycles. The summed E-state index contributed by atoms with van der Waals surface area (Å²) in [5.41, 5.74) is 0. The molecule has 2 atom stereocenters. The minimum Gasteiger partial charge on any atom is -0.481 e. The van der Waals surface area contributed by atoms with E-state index >= 15 is 0 Å². The number of nitrogens with one attached hydrogen (secondary N) is 1. The molecule has 0 spiro atoms. The van der Waals surface area contributed by atoms with Crippen LogP contribution < -0.4 is 5.32 Å². The van der Waals surface area contributed by atoms with Gasteiger partial charge < -0.3 is 10.4 Å². The molecule has 1 saturated carbocycles. The van der Waals surface area contributed by atoms with Crippen molar-refractivity contribution in [3.63, 3.8) is 0 Å². The standard InChI is InChI=1S/C12H17N3O3/c1-15-7-6-10(14-15)13-11(16)8-4-2-3-5-9(8)12(17)18/h6-9H,2-5H2,1H3,(H,17,18)(H,13,14,16)/t8-,9-/m0/s1. The first-order valence-electron chi connectivity index (χ1n) is 6.11. The van der Waals surface area contributed by atoms with Crippen molar-refractivity contribution in [1.82, 2.24) is 9.78 Å². The van der Waals surface area contributed by atoms with Crippen molar-refractivity contribution in [2.45, 2.75) is 25.7 Å². The van der Waals surface area contributed by atoms with Gasteiger partial charge in [0.05, 0.1) is 11.8 Å². The molecule has 0 bridgehead atoms. The second kappa shape index (κ2) is 5.20. The van der Waals surface area contributed by atoms with Crippen LogP contribution in [0.25, 0.3) is 0 Å². The number of aryl methyl sites for hydroxylation is 1. The number of hydrogen-bond donors (Lipinski definition) is 2. The van der Waals surface area contributed by atoms with E-state index in [1.54, 1.807) is 24.0 Å². The number of aromatic nitrogens is 2. The Morgan fingerprint density at radius 1 is 1.39 bits per heavy atom. The van der Waals surface area contributed by atoms with Crippen LogP contribution >= 0.6 is 0 Å². The Balaban J connectivity index is 2.04. The Bertz CT molecular complexity index is 455. The number of aliphatic carboxylic acids is 1. The molecule has 18 heavy (non-hydrogen) atoms. The van der Waals surface area contributed by atoms with Crippen LogP contribution in [-0.2, 0) is 16.6 Å². The number of hydrogen-bond acceptors (Lipinski definition) is 3. The van der Waals surface area contributed by atoms with Crippen molar-refractivity contribution in [3.05, 3.63) is 12.3 Å². The minimum absolute atomic E-state index is 0.235. The van der Waals surface area contributed by atoms with Crippen LogP contribution in [0.15, 0.2) is 12.3 Å². The van der Waals surface area contributed by atoms with Gasteiger partial charge in [0.2, 0.25) is 5.91 Å². The van der Waals surface area contributed by atoms with Gasteiger partial charge in [0.15, 0.2) is 5.82 Å². The topological polar surface area (TPSA) is 84.2 Å². The molecule has 1 fully saturated rings. The Morgan fingerprint density at radius 3 is 2.61 bits per heavy atom. The highest BCUT2D eigenvalue weighted by atomic mass is 16.4. The van der Waals surface area contributed by atoms with Gasteiger partial charge in [0.25, 0.3) is 0 Å². The number of amides is 1. The molecule has 98 valence electrons. The highest BCUT2D eigenvalue weighted by molar-refractivity contribution is 5.94. The van der Waals surface area contributed by atoms with Crippen molar-refractivity contribution in [3.8, 4) is 0 Å². The van der Waals surface area contributed by atoms with E-state index in [-0.39, 0.29) is 5.91 Å². The molecule has 1 heterocycles. The number of carbonyl (C=O) groups excluding carboxylic acids is 1. The molecule has 0 radical (unpaired) electrons. The third-order valence-electron chi connectivity index (χ3n) is 3.38. The van der Waals surface area contributed by atoms with Crippen molar-refractivity contribution in [1.29, 1.82) is 0 Å². The molecule has 2 rings (SSSR count). The van der Waals surface area contributed by atoms with E-state index in [9.17, 15) is 9.59 Å². The lowest BCUT2D eigenvalue weighted by Gasteiger charge is -2.27. The molecule has 1 amide bonds. The molecule has 1 aliphatic carbocycles. The van der Waals surface area contributed by atoms with Crippen LogP contribution in [0.3, 0.4) is 0 Å². The first kappa shape index (κ1) is 12.6. The molecular weight excluding hydrogens is 234 g/mol. The maximum Gasteiger partial charge on any atom is 0.307 e. The third-order valence-corrected chi connectivity index (χ3v) is 3.38. The van der Waals surface area contributed by atoms with E-state index in [0.29, 0.717) is 18.7 Å². The zero-order valence-electron chi connectivity index (χ0n) is 10.3. The van der Waals surface area contributed by atoms with Crippen LogP contribution in [0.1, 0.15) is 25.7 Å². The van der Waals surface area contributed by atoms with Gasteiger partial charge in [-0.3, -0.25) is 14.3 Å². The lowest BCUT2D eigenvalue weighted by Crippen LogP contribution is -2.36. The summed E-state index contributed by atoms with van der Waals surface area (Å²) in [6.07, 6.45) is 4.73. The number of rotatable bonds is 3. The lowest BCUT2D eigenvalue weighted by molar-refractivity contribution is -0.147. The Labute approximate surface area is 105 Å². The first-order chi connectivity index (χ1) is 8.58. The van der Waals surface area contributed by atoms with E-state index in [1.807, 2.05) is 0 Å². The first-order valence-corrected chi connectivity index (χ1v) is 6.11. The predicted molar refractivity (Wildman–Crippen MR) is 64.9 cm³/mol. The van der Waals surface area contributed by atoms with Gasteiger partial charge in [0, 0.05) is 19.3 Å². The van der Waals surface area contributed by atoms with E-state index < -0.39 is 17.8 Å². The third kappa shape index (κ3) is 2.69. The largest absolute Gasteiger partial charge is 0.481 e. The van der Waals surface area contributed by atoms with Gasteiger partial charge in [-0.15, -0.1) is 0 Å². The van der Waals surface area contributed by atoms with Crippen molar-refractivity contribution in [2.24, 2.45) is 18.9 Å². The van der Waals surface area contributed by atoms with Crippen LogP contribution in [0, 0.1) is 11.8 Å². The number of anilines is 1. The molecule has 1 aliphatic rings. The SMILES string of the molecule is Cn1ccc(NC(=O)[C@H]2CCCC[C@@H]2C(=O)O)n1. The zero-order valence-corrected chi connectivity index (χ0v) is 10.3. The average molecular weight is 251 g/mol. The average Bonchev–Trinajstić information content (AvgIpc) is 2.74. The summed E-state index contributed by atoms with van der Waals surface area (Å²) >= 11 is 0. The normalized spacial score (nSPS) is 23.6. The molecule has 2 N–H and O–H groups in total. The fourth-order valence-corrected chi connectivity index (χ4v) is 2.44. The summed E-state index contributed by atoms with van der Waals surface area (Å²) in [5.74, 6) is -1.66. The van der Waals surface area contributed by atoms with Crippen LogP contribution in [0.4, 0.5) is 5.82 Å². The molecule has 0 saturated heterocycles. The fraction of sp³-hybridized carbons (Fsp3) is 0.583. The van der Waals surface area contributed by atoms with Gasteiger partial charge in [0.1, 0.15) is 0 Å². The van der Waals surface area contributed by atoms with Crippen molar-refractivity contribution in [2.75, 3.05) is 5.32 Å². The van der Waals surface area contributed by atoms with Crippen LogP contribution in [0.2, 0.25) is 0 Å². The summed E-state index contributed by atoms with van der Waals surface area (Å²) in [5, 5.41) is 15.9. The van der Waals surface area contributed by atoms with E-state index in [0.717, 1.165) is 12.8 Å². The number of carbonyl (C=O) groups is 2. The second-order valence-electron chi connectivity index (χ2n) is 4.70. The molecule has 6 heteroatoms. The zero-order chi connectivity index (χ0) is 13.1. The maximum absolute atomic E-state index is 12.1. The molecule has 0 aliphatic heterocycles. The quantitative estimate of drug-likeness (QED) is 0.846. The van der Waals surface area contributed by atoms with Crippen LogP contribution in [0.5, 0.6) is 0 Å². The summed E-state index contributed by atoms with van der Waals surface area (Å²) < 4.78 is 1.59. The monoisotopic (exact) mass is 251 g/mol. The minimum atomic E-state index is -0.879.